The number of carbonyl (C=O) groups excluding carboxylic acids is 1. The van der Waals surface area contributed by atoms with E-state index in [0.29, 0.717) is 11.3 Å². The van der Waals surface area contributed by atoms with Crippen molar-refractivity contribution in [2.24, 2.45) is 0 Å². The number of amides is 1. The van der Waals surface area contributed by atoms with Crippen LogP contribution in [0.3, 0.4) is 0 Å². The van der Waals surface area contributed by atoms with Crippen LogP contribution in [-0.2, 0) is 0 Å². The molecule has 0 aliphatic heterocycles. The molecule has 5 heteroatoms. The number of nitrogens with zero attached hydrogens (tertiary/aromatic N) is 3. The van der Waals surface area contributed by atoms with Gasteiger partial charge in [-0.2, -0.15) is 0 Å². The fourth-order valence-electron chi connectivity index (χ4n) is 2.71. The number of benzene rings is 1. The van der Waals surface area contributed by atoms with E-state index in [0.717, 1.165) is 12.8 Å². The Balaban J connectivity index is 1.75. The van der Waals surface area contributed by atoms with Crippen molar-refractivity contribution in [3.63, 3.8) is 0 Å². The first kappa shape index (κ1) is 15.9. The van der Waals surface area contributed by atoms with E-state index < -0.39 is 0 Å². The quantitative estimate of drug-likeness (QED) is 0.749. The van der Waals surface area contributed by atoms with Gasteiger partial charge in [0.05, 0.1) is 24.3 Å². The molecule has 1 atom stereocenters. The van der Waals surface area contributed by atoms with Crippen LogP contribution in [0.15, 0.2) is 67.5 Å². The zero-order valence-corrected chi connectivity index (χ0v) is 13.6. The SMILES string of the molecule is CCCC(c1ccc(C(=O)Nc2cccnc2)cc1)n1ccnc1. The summed E-state index contributed by atoms with van der Waals surface area (Å²) in [6.45, 7) is 2.17. The van der Waals surface area contributed by atoms with Gasteiger partial charge in [0.1, 0.15) is 0 Å². The number of hydrogen-bond acceptors (Lipinski definition) is 3. The summed E-state index contributed by atoms with van der Waals surface area (Å²) >= 11 is 0. The second kappa shape index (κ2) is 7.55. The summed E-state index contributed by atoms with van der Waals surface area (Å²) in [5.41, 5.74) is 2.49. The lowest BCUT2D eigenvalue weighted by atomic mass is 10.0. The average molecular weight is 320 g/mol. The van der Waals surface area contributed by atoms with Gasteiger partial charge >= 0.3 is 0 Å². The van der Waals surface area contributed by atoms with Gasteiger partial charge in [-0.15, -0.1) is 0 Å². The summed E-state index contributed by atoms with van der Waals surface area (Å²) in [5, 5.41) is 2.84. The van der Waals surface area contributed by atoms with Crippen LogP contribution in [0.4, 0.5) is 5.69 Å². The van der Waals surface area contributed by atoms with Crippen LogP contribution in [0.2, 0.25) is 0 Å². The molecule has 0 saturated heterocycles. The summed E-state index contributed by atoms with van der Waals surface area (Å²) in [6.07, 6.45) is 11.0. The molecule has 0 radical (unpaired) electrons. The van der Waals surface area contributed by atoms with Gasteiger partial charge in [-0.1, -0.05) is 25.5 Å². The number of imidazole rings is 1. The minimum absolute atomic E-state index is 0.135. The van der Waals surface area contributed by atoms with Crippen LogP contribution in [-0.4, -0.2) is 20.4 Å². The lowest BCUT2D eigenvalue weighted by Crippen LogP contribution is -2.13. The molecule has 1 N–H and O–H groups in total. The Bertz CT molecular complexity index is 767. The van der Waals surface area contributed by atoms with Gasteiger partial charge in [0.2, 0.25) is 0 Å². The molecule has 0 bridgehead atoms. The topological polar surface area (TPSA) is 59.8 Å². The smallest absolute Gasteiger partial charge is 0.255 e. The largest absolute Gasteiger partial charge is 0.330 e. The Morgan fingerprint density at radius 3 is 2.62 bits per heavy atom. The first-order chi connectivity index (χ1) is 11.8. The highest BCUT2D eigenvalue weighted by Gasteiger charge is 2.13. The zero-order valence-electron chi connectivity index (χ0n) is 13.6. The van der Waals surface area contributed by atoms with Crippen molar-refractivity contribution in [3.8, 4) is 0 Å². The summed E-state index contributed by atoms with van der Waals surface area (Å²) in [7, 11) is 0. The van der Waals surface area contributed by atoms with E-state index in [4.69, 9.17) is 0 Å². The van der Waals surface area contributed by atoms with Crippen molar-refractivity contribution >= 4 is 11.6 Å². The van der Waals surface area contributed by atoms with E-state index in [2.05, 4.69) is 26.8 Å². The Morgan fingerprint density at radius 1 is 1.17 bits per heavy atom. The summed E-state index contributed by atoms with van der Waals surface area (Å²) in [4.78, 5) is 20.4. The molecule has 24 heavy (non-hydrogen) atoms. The highest BCUT2D eigenvalue weighted by Crippen LogP contribution is 2.23. The predicted molar refractivity (Wildman–Crippen MR) is 93.9 cm³/mol. The molecule has 122 valence electrons. The molecular formula is C19H20N4O. The van der Waals surface area contributed by atoms with E-state index in [1.165, 1.54) is 5.56 Å². The Hall–Kier alpha value is -2.95. The average Bonchev–Trinajstić information content (AvgIpc) is 3.15. The van der Waals surface area contributed by atoms with E-state index in [1.54, 1.807) is 24.7 Å². The predicted octanol–water partition coefficient (Wildman–Crippen LogP) is 3.92. The fraction of sp³-hybridized carbons (Fsp3) is 0.211. The highest BCUT2D eigenvalue weighted by atomic mass is 16.1. The molecule has 1 aromatic carbocycles. The van der Waals surface area contributed by atoms with Crippen LogP contribution in [0, 0.1) is 0 Å². The minimum atomic E-state index is -0.135. The number of pyridine rings is 1. The summed E-state index contributed by atoms with van der Waals surface area (Å²) in [5.74, 6) is -0.135. The Morgan fingerprint density at radius 2 is 2.00 bits per heavy atom. The van der Waals surface area contributed by atoms with Crippen molar-refractivity contribution in [2.45, 2.75) is 25.8 Å². The maximum absolute atomic E-state index is 12.3. The molecule has 0 aliphatic rings. The van der Waals surface area contributed by atoms with Crippen molar-refractivity contribution in [3.05, 3.63) is 78.6 Å². The Labute approximate surface area is 141 Å². The molecule has 3 aromatic rings. The maximum Gasteiger partial charge on any atom is 0.255 e. The van der Waals surface area contributed by atoms with E-state index >= 15 is 0 Å². The van der Waals surface area contributed by atoms with Crippen LogP contribution in [0.1, 0.15) is 41.7 Å². The van der Waals surface area contributed by atoms with Crippen LogP contribution >= 0.6 is 0 Å². The van der Waals surface area contributed by atoms with E-state index in [1.807, 2.05) is 42.9 Å². The molecule has 0 fully saturated rings. The summed E-state index contributed by atoms with van der Waals surface area (Å²) in [6, 6.07) is 11.6. The molecule has 1 amide bonds. The third-order valence-corrected chi connectivity index (χ3v) is 3.92. The third-order valence-electron chi connectivity index (χ3n) is 3.92. The molecule has 0 spiro atoms. The van der Waals surface area contributed by atoms with Crippen molar-refractivity contribution < 1.29 is 4.79 Å². The number of rotatable bonds is 6. The van der Waals surface area contributed by atoms with Crippen molar-refractivity contribution in [1.29, 1.82) is 0 Å². The molecule has 3 rings (SSSR count). The van der Waals surface area contributed by atoms with Gasteiger partial charge < -0.3 is 9.88 Å². The highest BCUT2D eigenvalue weighted by molar-refractivity contribution is 6.04. The number of hydrogen-bond donors (Lipinski definition) is 1. The first-order valence-electron chi connectivity index (χ1n) is 8.06. The number of anilines is 1. The van der Waals surface area contributed by atoms with Crippen molar-refractivity contribution in [1.82, 2.24) is 14.5 Å². The van der Waals surface area contributed by atoms with Gasteiger partial charge in [0.25, 0.3) is 5.91 Å². The second-order valence-electron chi connectivity index (χ2n) is 5.63. The van der Waals surface area contributed by atoms with Gasteiger partial charge in [0, 0.05) is 24.2 Å². The molecule has 5 nitrogen and oxygen atoms in total. The minimum Gasteiger partial charge on any atom is -0.330 e. The van der Waals surface area contributed by atoms with Crippen LogP contribution in [0.25, 0.3) is 0 Å². The van der Waals surface area contributed by atoms with Gasteiger partial charge in [-0.25, -0.2) is 4.98 Å². The maximum atomic E-state index is 12.3. The fourth-order valence-corrected chi connectivity index (χ4v) is 2.71. The molecule has 1 unspecified atom stereocenters. The van der Waals surface area contributed by atoms with E-state index in [-0.39, 0.29) is 11.9 Å². The van der Waals surface area contributed by atoms with Crippen LogP contribution < -0.4 is 5.32 Å². The molecule has 2 heterocycles. The second-order valence-corrected chi connectivity index (χ2v) is 5.63. The van der Waals surface area contributed by atoms with Crippen LogP contribution in [0.5, 0.6) is 0 Å². The molecule has 2 aromatic heterocycles. The van der Waals surface area contributed by atoms with Gasteiger partial charge in [0.15, 0.2) is 0 Å². The van der Waals surface area contributed by atoms with Gasteiger partial charge in [-0.05, 0) is 36.2 Å². The third kappa shape index (κ3) is 3.68. The lowest BCUT2D eigenvalue weighted by molar-refractivity contribution is 0.102. The number of aromatic nitrogens is 3. The number of nitrogens with one attached hydrogen (secondary N) is 1. The molecular weight excluding hydrogens is 300 g/mol. The lowest BCUT2D eigenvalue weighted by Gasteiger charge is -2.18. The normalized spacial score (nSPS) is 11.9. The molecule has 0 aliphatic carbocycles. The standard InChI is InChI=1S/C19H20N4O/c1-2-4-18(23-12-11-21-14-23)15-6-8-16(9-7-15)19(24)22-17-5-3-10-20-13-17/h3,5-14,18H,2,4H2,1H3,(H,22,24). The monoisotopic (exact) mass is 320 g/mol. The van der Waals surface area contributed by atoms with Crippen molar-refractivity contribution in [2.75, 3.05) is 5.32 Å². The summed E-state index contributed by atoms with van der Waals surface area (Å²) < 4.78 is 2.11. The van der Waals surface area contributed by atoms with Gasteiger partial charge in [-0.3, -0.25) is 9.78 Å². The van der Waals surface area contributed by atoms with E-state index in [9.17, 15) is 4.79 Å². The molecule has 0 saturated carbocycles. The number of carbonyl (C=O) groups is 1. The first-order valence-corrected chi connectivity index (χ1v) is 8.06. The Kier molecular flexibility index (Phi) is 5.01. The zero-order chi connectivity index (χ0) is 16.8.